The van der Waals surface area contributed by atoms with Crippen LogP contribution >= 0.6 is 22.9 Å². The van der Waals surface area contributed by atoms with E-state index < -0.39 is 5.60 Å². The minimum atomic E-state index is -0.471. The molecule has 0 aromatic carbocycles. The molecule has 1 fully saturated rings. The van der Waals surface area contributed by atoms with Crippen LogP contribution in [-0.2, 0) is 4.74 Å². The lowest BCUT2D eigenvalue weighted by atomic mass is 9.91. The van der Waals surface area contributed by atoms with Gasteiger partial charge in [-0.05, 0) is 69.5 Å². The van der Waals surface area contributed by atoms with Crippen molar-refractivity contribution in [2.75, 3.05) is 5.32 Å². The van der Waals surface area contributed by atoms with Crippen LogP contribution in [0.25, 0.3) is 10.2 Å². The third-order valence-corrected chi connectivity index (χ3v) is 5.06. The third-order valence-electron chi connectivity index (χ3n) is 4.09. The van der Waals surface area contributed by atoms with Crippen LogP contribution in [0.2, 0.25) is 5.28 Å². The van der Waals surface area contributed by atoms with E-state index in [1.54, 1.807) is 11.3 Å². The number of amides is 1. The maximum absolute atomic E-state index is 11.9. The lowest BCUT2D eigenvalue weighted by Crippen LogP contribution is -2.42. The summed E-state index contributed by atoms with van der Waals surface area (Å²) in [7, 11) is 0. The van der Waals surface area contributed by atoms with Gasteiger partial charge >= 0.3 is 6.09 Å². The molecule has 2 heterocycles. The van der Waals surface area contributed by atoms with Crippen LogP contribution in [0.5, 0.6) is 0 Å². The molecule has 8 heteroatoms. The number of nitrogens with one attached hydrogen (secondary N) is 2. The first-order chi connectivity index (χ1) is 11.8. The van der Waals surface area contributed by atoms with Gasteiger partial charge in [0, 0.05) is 12.1 Å². The molecule has 0 bridgehead atoms. The van der Waals surface area contributed by atoms with Crippen molar-refractivity contribution in [2.45, 2.75) is 64.1 Å². The summed E-state index contributed by atoms with van der Waals surface area (Å²) in [5, 5.41) is 9.70. The topological polar surface area (TPSA) is 76.1 Å². The fourth-order valence-corrected chi connectivity index (χ4v) is 3.97. The molecule has 25 heavy (non-hydrogen) atoms. The molecule has 1 saturated carbocycles. The highest BCUT2D eigenvalue weighted by Crippen LogP contribution is 2.29. The first-order valence-electron chi connectivity index (χ1n) is 8.47. The van der Waals surface area contributed by atoms with Crippen LogP contribution < -0.4 is 10.6 Å². The van der Waals surface area contributed by atoms with Crippen LogP contribution in [0, 0.1) is 0 Å². The molecular weight excluding hydrogens is 360 g/mol. The Morgan fingerprint density at radius 1 is 1.24 bits per heavy atom. The second-order valence-corrected chi connectivity index (χ2v) is 8.55. The standard InChI is InChI=1S/C17H23ClN4O2S/c1-17(2,3)24-16(23)20-11-6-4-10(5-7-11)19-13-12-8-9-25-14(12)22-15(18)21-13/h8-11H,4-7H2,1-3H3,(H,20,23)(H,19,21,22). The van der Waals surface area contributed by atoms with E-state index >= 15 is 0 Å². The summed E-state index contributed by atoms with van der Waals surface area (Å²) in [4.78, 5) is 21.3. The highest BCUT2D eigenvalue weighted by atomic mass is 35.5. The van der Waals surface area contributed by atoms with E-state index in [1.165, 1.54) is 0 Å². The van der Waals surface area contributed by atoms with E-state index in [0.29, 0.717) is 6.04 Å². The van der Waals surface area contributed by atoms with Gasteiger partial charge in [-0.1, -0.05) is 0 Å². The molecule has 0 unspecified atom stereocenters. The maximum Gasteiger partial charge on any atom is 0.407 e. The average Bonchev–Trinajstić information content (AvgIpc) is 2.95. The Morgan fingerprint density at radius 3 is 2.60 bits per heavy atom. The number of halogens is 1. The Bertz CT molecular complexity index is 751. The van der Waals surface area contributed by atoms with E-state index in [4.69, 9.17) is 16.3 Å². The zero-order valence-electron chi connectivity index (χ0n) is 14.6. The maximum atomic E-state index is 11.9. The summed E-state index contributed by atoms with van der Waals surface area (Å²) in [5.41, 5.74) is -0.471. The van der Waals surface area contributed by atoms with Gasteiger partial charge in [-0.2, -0.15) is 0 Å². The molecule has 0 atom stereocenters. The number of carbonyl (C=O) groups excluding carboxylic acids is 1. The molecule has 1 aliphatic rings. The average molecular weight is 383 g/mol. The number of hydrogen-bond donors (Lipinski definition) is 2. The van der Waals surface area contributed by atoms with Crippen molar-refractivity contribution in [1.82, 2.24) is 15.3 Å². The SMILES string of the molecule is CC(C)(C)OC(=O)NC1CCC(Nc2nc(Cl)nc3sccc23)CC1. The molecule has 0 spiro atoms. The van der Waals surface area contributed by atoms with Gasteiger partial charge in [-0.3, -0.25) is 0 Å². The van der Waals surface area contributed by atoms with Crippen LogP contribution in [-0.4, -0.2) is 33.7 Å². The molecule has 3 rings (SSSR count). The molecule has 0 saturated heterocycles. The van der Waals surface area contributed by atoms with Crippen molar-refractivity contribution < 1.29 is 9.53 Å². The Hall–Kier alpha value is -1.60. The molecule has 2 N–H and O–H groups in total. The molecule has 0 aliphatic heterocycles. The van der Waals surface area contributed by atoms with E-state index in [2.05, 4.69) is 20.6 Å². The summed E-state index contributed by atoms with van der Waals surface area (Å²) in [6.45, 7) is 5.60. The van der Waals surface area contributed by atoms with Gasteiger partial charge in [0.05, 0.1) is 5.39 Å². The van der Waals surface area contributed by atoms with E-state index in [1.807, 2.05) is 32.2 Å². The lowest BCUT2D eigenvalue weighted by molar-refractivity contribution is 0.0492. The molecule has 1 aliphatic carbocycles. The highest BCUT2D eigenvalue weighted by molar-refractivity contribution is 7.16. The highest BCUT2D eigenvalue weighted by Gasteiger charge is 2.25. The molecule has 6 nitrogen and oxygen atoms in total. The number of aromatic nitrogens is 2. The fourth-order valence-electron chi connectivity index (χ4n) is 2.99. The quantitative estimate of drug-likeness (QED) is 0.759. The Labute approximate surface area is 156 Å². The first-order valence-corrected chi connectivity index (χ1v) is 9.73. The number of ether oxygens (including phenoxy) is 1. The van der Waals surface area contributed by atoms with E-state index in [-0.39, 0.29) is 17.4 Å². The molecular formula is C17H23ClN4O2S. The van der Waals surface area contributed by atoms with Crippen LogP contribution in [0.3, 0.4) is 0 Å². The first kappa shape index (κ1) is 18.2. The number of hydrogen-bond acceptors (Lipinski definition) is 6. The van der Waals surface area contributed by atoms with Gasteiger partial charge in [0.1, 0.15) is 16.2 Å². The number of carbonyl (C=O) groups is 1. The van der Waals surface area contributed by atoms with Crippen LogP contribution in [0.1, 0.15) is 46.5 Å². The number of rotatable bonds is 3. The monoisotopic (exact) mass is 382 g/mol. The predicted molar refractivity (Wildman–Crippen MR) is 101 cm³/mol. The van der Waals surface area contributed by atoms with Gasteiger partial charge in [0.2, 0.25) is 5.28 Å². The number of nitrogens with zero attached hydrogens (tertiary/aromatic N) is 2. The molecule has 0 radical (unpaired) electrons. The van der Waals surface area contributed by atoms with Crippen LogP contribution in [0.4, 0.5) is 10.6 Å². The largest absolute Gasteiger partial charge is 0.444 e. The molecule has 1 amide bonds. The zero-order chi connectivity index (χ0) is 18.0. The molecule has 136 valence electrons. The Balaban J connectivity index is 1.54. The van der Waals surface area contributed by atoms with Crippen molar-refractivity contribution in [3.05, 3.63) is 16.7 Å². The van der Waals surface area contributed by atoms with Crippen LogP contribution in [0.15, 0.2) is 11.4 Å². The van der Waals surface area contributed by atoms with Crippen molar-refractivity contribution >= 4 is 45.1 Å². The summed E-state index contributed by atoms with van der Waals surface area (Å²) < 4.78 is 5.32. The van der Waals surface area contributed by atoms with Gasteiger partial charge in [0.25, 0.3) is 0 Å². The fraction of sp³-hybridized carbons (Fsp3) is 0.588. The summed E-state index contributed by atoms with van der Waals surface area (Å²) in [6.07, 6.45) is 3.37. The van der Waals surface area contributed by atoms with Gasteiger partial charge in [-0.25, -0.2) is 14.8 Å². The number of alkyl carbamates (subject to hydrolysis) is 1. The van der Waals surface area contributed by atoms with Gasteiger partial charge in [-0.15, -0.1) is 11.3 Å². The summed E-state index contributed by atoms with van der Waals surface area (Å²) in [6, 6.07) is 2.47. The number of thiophene rings is 1. The summed E-state index contributed by atoms with van der Waals surface area (Å²) >= 11 is 7.57. The zero-order valence-corrected chi connectivity index (χ0v) is 16.2. The second kappa shape index (κ2) is 7.33. The Kier molecular flexibility index (Phi) is 5.34. The minimum Gasteiger partial charge on any atom is -0.444 e. The van der Waals surface area contributed by atoms with Gasteiger partial charge < -0.3 is 15.4 Å². The van der Waals surface area contributed by atoms with Crippen molar-refractivity contribution in [3.8, 4) is 0 Å². The number of anilines is 1. The summed E-state index contributed by atoms with van der Waals surface area (Å²) in [5.74, 6) is 0.791. The van der Waals surface area contributed by atoms with E-state index in [9.17, 15) is 4.79 Å². The van der Waals surface area contributed by atoms with Crippen molar-refractivity contribution in [1.29, 1.82) is 0 Å². The normalized spacial score (nSPS) is 21.1. The Morgan fingerprint density at radius 2 is 1.92 bits per heavy atom. The number of fused-ring (bicyclic) bond motifs is 1. The van der Waals surface area contributed by atoms with E-state index in [0.717, 1.165) is 41.7 Å². The van der Waals surface area contributed by atoms with Gasteiger partial charge in [0.15, 0.2) is 0 Å². The lowest BCUT2D eigenvalue weighted by Gasteiger charge is -2.30. The van der Waals surface area contributed by atoms with Crippen molar-refractivity contribution in [2.24, 2.45) is 0 Å². The molecule has 2 aromatic heterocycles. The van der Waals surface area contributed by atoms with Crippen molar-refractivity contribution in [3.63, 3.8) is 0 Å². The molecule has 2 aromatic rings. The third kappa shape index (κ3) is 4.95. The second-order valence-electron chi connectivity index (χ2n) is 7.32. The minimum absolute atomic E-state index is 0.156. The predicted octanol–water partition coefficient (Wildman–Crippen LogP) is 4.59. The smallest absolute Gasteiger partial charge is 0.407 e.